The van der Waals surface area contributed by atoms with Crippen LogP contribution in [-0.4, -0.2) is 27.4 Å². The van der Waals surface area contributed by atoms with Crippen molar-refractivity contribution in [1.82, 2.24) is 0 Å². The Morgan fingerprint density at radius 1 is 1.37 bits per heavy atom. The molecule has 1 rings (SSSR count). The first kappa shape index (κ1) is 15.4. The Morgan fingerprint density at radius 3 is 2.42 bits per heavy atom. The number of aliphatic imine (C=N–C) groups is 1. The van der Waals surface area contributed by atoms with Crippen molar-refractivity contribution in [2.75, 3.05) is 13.3 Å². The highest BCUT2D eigenvalue weighted by Crippen LogP contribution is 2.27. The molecule has 0 heterocycles. The van der Waals surface area contributed by atoms with Crippen molar-refractivity contribution in [3.63, 3.8) is 0 Å². The lowest BCUT2D eigenvalue weighted by Gasteiger charge is -2.14. The van der Waals surface area contributed by atoms with Crippen molar-refractivity contribution < 1.29 is 8.42 Å². The van der Waals surface area contributed by atoms with Crippen molar-refractivity contribution in [3.8, 4) is 0 Å². The second-order valence-corrected chi connectivity index (χ2v) is 6.19. The summed E-state index contributed by atoms with van der Waals surface area (Å²) < 4.78 is 23.9. The average Bonchev–Trinajstić information content (AvgIpc) is 2.38. The number of allylic oxidation sites excluding steroid dienone is 3. The molecule has 1 aromatic rings. The molecule has 0 radical (unpaired) electrons. The zero-order chi connectivity index (χ0) is 14.6. The quantitative estimate of drug-likeness (QED) is 0.627. The molecule has 19 heavy (non-hydrogen) atoms. The summed E-state index contributed by atoms with van der Waals surface area (Å²) in [5.74, 6) is 0. The van der Waals surface area contributed by atoms with E-state index in [1.54, 1.807) is 25.3 Å². The van der Waals surface area contributed by atoms with Crippen LogP contribution in [0.25, 0.3) is 5.57 Å². The third-order valence-corrected chi connectivity index (χ3v) is 4.10. The van der Waals surface area contributed by atoms with Crippen molar-refractivity contribution in [2.24, 2.45) is 4.99 Å². The minimum Gasteiger partial charge on any atom is -0.293 e. The number of benzene rings is 1. The summed E-state index contributed by atoms with van der Waals surface area (Å²) in [6, 6.07) is 5.24. The second kappa shape index (κ2) is 5.97. The van der Waals surface area contributed by atoms with Crippen LogP contribution in [0.5, 0.6) is 0 Å². The van der Waals surface area contributed by atoms with Gasteiger partial charge >= 0.3 is 0 Å². The highest BCUT2D eigenvalue weighted by atomic mass is 32.2. The van der Waals surface area contributed by atoms with Crippen LogP contribution in [0.4, 0.5) is 0 Å². The first-order valence-electron chi connectivity index (χ1n) is 5.92. The van der Waals surface area contributed by atoms with Gasteiger partial charge in [0.15, 0.2) is 9.84 Å². The molecular formula is C15H19NO2S. The van der Waals surface area contributed by atoms with E-state index in [2.05, 4.69) is 11.6 Å². The van der Waals surface area contributed by atoms with Crippen molar-refractivity contribution in [1.29, 1.82) is 0 Å². The van der Waals surface area contributed by atoms with Gasteiger partial charge in [-0.2, -0.15) is 0 Å². The molecule has 0 N–H and O–H groups in total. The van der Waals surface area contributed by atoms with Gasteiger partial charge in [0.2, 0.25) is 0 Å². The van der Waals surface area contributed by atoms with Gasteiger partial charge in [0.1, 0.15) is 0 Å². The molecule has 0 saturated heterocycles. The van der Waals surface area contributed by atoms with Crippen LogP contribution in [-0.2, 0) is 9.84 Å². The molecule has 0 aromatic heterocycles. The highest BCUT2D eigenvalue weighted by Gasteiger charge is 2.19. The number of hydrogen-bond donors (Lipinski definition) is 0. The van der Waals surface area contributed by atoms with Crippen molar-refractivity contribution in [2.45, 2.75) is 18.7 Å². The monoisotopic (exact) mass is 277 g/mol. The Hall–Kier alpha value is -1.68. The van der Waals surface area contributed by atoms with Gasteiger partial charge in [0, 0.05) is 24.6 Å². The van der Waals surface area contributed by atoms with E-state index in [0.717, 1.165) is 11.1 Å². The molecule has 0 atom stereocenters. The molecule has 0 aliphatic carbocycles. The molecule has 0 aliphatic heterocycles. The molecule has 4 heteroatoms. The lowest BCUT2D eigenvalue weighted by molar-refractivity contribution is 0.601. The van der Waals surface area contributed by atoms with Crippen LogP contribution in [0.1, 0.15) is 25.0 Å². The third kappa shape index (κ3) is 3.20. The minimum absolute atomic E-state index is 0.300. The van der Waals surface area contributed by atoms with E-state index in [0.29, 0.717) is 16.2 Å². The second-order valence-electron chi connectivity index (χ2n) is 4.21. The van der Waals surface area contributed by atoms with E-state index < -0.39 is 9.84 Å². The van der Waals surface area contributed by atoms with Crippen LogP contribution in [0.15, 0.2) is 46.8 Å². The largest absolute Gasteiger partial charge is 0.293 e. The average molecular weight is 277 g/mol. The van der Waals surface area contributed by atoms with Gasteiger partial charge in [0.25, 0.3) is 0 Å². The molecular weight excluding hydrogens is 258 g/mol. The fraction of sp³-hybridized carbons (Fsp3) is 0.267. The van der Waals surface area contributed by atoms with Crippen LogP contribution in [0.3, 0.4) is 0 Å². The smallest absolute Gasteiger partial charge is 0.176 e. The maximum Gasteiger partial charge on any atom is 0.176 e. The molecule has 0 saturated carbocycles. The zero-order valence-electron chi connectivity index (χ0n) is 11.8. The molecule has 0 aliphatic rings. The summed E-state index contributed by atoms with van der Waals surface area (Å²) in [6.07, 6.45) is 4.83. The van der Waals surface area contributed by atoms with E-state index >= 15 is 0 Å². The SMILES string of the molecule is C=CC(=CC)c1cccc(S(C)(=O)=O)c1C(C)=NC. The number of sulfone groups is 1. The molecule has 3 nitrogen and oxygen atoms in total. The standard InChI is InChI=1S/C15H19NO2S/c1-6-12(7-2)13-9-8-10-14(19(5,17)18)15(13)11(3)16-4/h6-10H,1H2,2-5H3. The molecule has 0 unspecified atom stereocenters. The maximum atomic E-state index is 11.9. The van der Waals surface area contributed by atoms with Crippen LogP contribution in [0, 0.1) is 0 Å². The summed E-state index contributed by atoms with van der Waals surface area (Å²) in [7, 11) is -1.65. The Kier molecular flexibility index (Phi) is 4.84. The van der Waals surface area contributed by atoms with Crippen molar-refractivity contribution in [3.05, 3.63) is 48.1 Å². The first-order valence-corrected chi connectivity index (χ1v) is 7.81. The van der Waals surface area contributed by atoms with Gasteiger partial charge in [-0.1, -0.05) is 30.9 Å². The third-order valence-electron chi connectivity index (χ3n) is 2.96. The summed E-state index contributed by atoms with van der Waals surface area (Å²) in [5.41, 5.74) is 3.07. The fourth-order valence-corrected chi connectivity index (χ4v) is 2.90. The van der Waals surface area contributed by atoms with Crippen LogP contribution < -0.4 is 0 Å². The van der Waals surface area contributed by atoms with Gasteiger partial charge in [-0.25, -0.2) is 8.42 Å². The normalized spacial score (nSPS) is 13.5. The van der Waals surface area contributed by atoms with E-state index in [-0.39, 0.29) is 0 Å². The fourth-order valence-electron chi connectivity index (χ4n) is 1.95. The Bertz CT molecular complexity index is 653. The van der Waals surface area contributed by atoms with E-state index in [1.165, 1.54) is 6.26 Å². The first-order chi connectivity index (χ1) is 8.86. The van der Waals surface area contributed by atoms with Crippen molar-refractivity contribution >= 4 is 21.1 Å². The molecule has 102 valence electrons. The van der Waals surface area contributed by atoms with Gasteiger partial charge in [0.05, 0.1) is 4.90 Å². The number of rotatable bonds is 4. The zero-order valence-corrected chi connectivity index (χ0v) is 12.6. The molecule has 0 spiro atoms. The van der Waals surface area contributed by atoms with Gasteiger partial charge in [-0.15, -0.1) is 0 Å². The summed E-state index contributed by atoms with van der Waals surface area (Å²) in [4.78, 5) is 4.44. The summed E-state index contributed by atoms with van der Waals surface area (Å²) in [5, 5.41) is 0. The highest BCUT2D eigenvalue weighted by molar-refractivity contribution is 7.90. The molecule has 0 fully saturated rings. The topological polar surface area (TPSA) is 46.5 Å². The van der Waals surface area contributed by atoms with Gasteiger partial charge in [-0.3, -0.25) is 4.99 Å². The minimum atomic E-state index is -3.30. The van der Waals surface area contributed by atoms with Gasteiger partial charge in [-0.05, 0) is 31.1 Å². The van der Waals surface area contributed by atoms with Crippen LogP contribution in [0.2, 0.25) is 0 Å². The molecule has 1 aromatic carbocycles. The van der Waals surface area contributed by atoms with E-state index in [4.69, 9.17) is 0 Å². The Labute approximate surface area is 115 Å². The number of nitrogens with zero attached hydrogens (tertiary/aromatic N) is 1. The van der Waals surface area contributed by atoms with E-state index in [1.807, 2.05) is 26.0 Å². The lowest BCUT2D eigenvalue weighted by Crippen LogP contribution is -2.09. The van der Waals surface area contributed by atoms with Gasteiger partial charge < -0.3 is 0 Å². The lowest BCUT2D eigenvalue weighted by atomic mass is 9.96. The Balaban J connectivity index is 3.82. The summed E-state index contributed by atoms with van der Waals surface area (Å²) >= 11 is 0. The summed E-state index contributed by atoms with van der Waals surface area (Å²) in [6.45, 7) is 7.47. The number of hydrogen-bond acceptors (Lipinski definition) is 3. The predicted molar refractivity (Wildman–Crippen MR) is 81.5 cm³/mol. The molecule has 0 amide bonds. The maximum absolute atomic E-state index is 11.9. The van der Waals surface area contributed by atoms with Crippen LogP contribution >= 0.6 is 0 Å². The molecule has 0 bridgehead atoms. The Morgan fingerprint density at radius 2 is 2.00 bits per heavy atom. The predicted octanol–water partition coefficient (Wildman–Crippen LogP) is 3.12. The van der Waals surface area contributed by atoms with E-state index in [9.17, 15) is 8.42 Å².